The summed E-state index contributed by atoms with van der Waals surface area (Å²) < 4.78 is 16.9. The van der Waals surface area contributed by atoms with Gasteiger partial charge in [-0.15, -0.1) is 4.72 Å². The van der Waals surface area contributed by atoms with Crippen molar-refractivity contribution in [2.45, 2.75) is 45.4 Å². The van der Waals surface area contributed by atoms with Crippen LogP contribution in [0, 0.1) is 20.8 Å². The van der Waals surface area contributed by atoms with Gasteiger partial charge in [-0.1, -0.05) is 48.9 Å². The van der Waals surface area contributed by atoms with E-state index in [1.165, 1.54) is 0 Å². The number of nitrogens with zero attached hydrogens (tertiary/aromatic N) is 3. The van der Waals surface area contributed by atoms with Crippen molar-refractivity contribution in [2.24, 2.45) is 0 Å². The van der Waals surface area contributed by atoms with Crippen LogP contribution < -0.4 is 10.0 Å². The fraction of sp³-hybridized carbons (Fsp3) is 0.269. The van der Waals surface area contributed by atoms with Crippen LogP contribution in [0.15, 0.2) is 59.6 Å². The zero-order valence-corrected chi connectivity index (χ0v) is 20.7. The van der Waals surface area contributed by atoms with Crippen molar-refractivity contribution in [3.8, 4) is 11.3 Å². The maximum absolute atomic E-state index is 12.3. The first-order valence-electron chi connectivity index (χ1n) is 11.3. The number of fused-ring (bicyclic) bond motifs is 1. The van der Waals surface area contributed by atoms with Gasteiger partial charge in [0.2, 0.25) is 0 Å². The van der Waals surface area contributed by atoms with E-state index in [9.17, 15) is 9.35 Å². The molecule has 1 atom stereocenters. The molecule has 0 saturated carbocycles. The molecule has 4 rings (SSSR count). The molecule has 0 aliphatic heterocycles. The molecule has 0 radical (unpaired) electrons. The van der Waals surface area contributed by atoms with E-state index in [1.54, 1.807) is 12.1 Å². The highest BCUT2D eigenvalue weighted by Crippen LogP contribution is 2.27. The molecule has 2 aromatic heterocycles. The number of aromatic nitrogens is 3. The Morgan fingerprint density at radius 3 is 2.41 bits per heavy atom. The van der Waals surface area contributed by atoms with Gasteiger partial charge in [-0.3, -0.25) is 9.38 Å². The number of amides is 2. The molecule has 7 nitrogen and oxygen atoms in total. The number of carbonyl (C=O) groups excluding carboxylic acids is 1. The predicted molar refractivity (Wildman–Crippen MR) is 135 cm³/mol. The van der Waals surface area contributed by atoms with Crippen LogP contribution in [0.1, 0.15) is 35.1 Å². The van der Waals surface area contributed by atoms with Crippen molar-refractivity contribution in [3.05, 3.63) is 82.9 Å². The topological polar surface area (TPSA) is 94.4 Å². The Bertz CT molecular complexity index is 1300. The Balaban J connectivity index is 1.38. The summed E-state index contributed by atoms with van der Waals surface area (Å²) in [6, 6.07) is 15.1. The SMILES string of the molecule is CCc1nc2c(C)nc(C)cn2c1-c1ccc(CCNC(=O)N[S+]([O-])c2ccc(C)cc2)cc1. The van der Waals surface area contributed by atoms with Crippen LogP contribution in [-0.2, 0) is 24.2 Å². The van der Waals surface area contributed by atoms with E-state index >= 15 is 0 Å². The number of urea groups is 1. The fourth-order valence-electron chi connectivity index (χ4n) is 3.93. The molecule has 2 N–H and O–H groups in total. The van der Waals surface area contributed by atoms with E-state index in [0.717, 1.165) is 51.5 Å². The van der Waals surface area contributed by atoms with Crippen LogP contribution in [0.25, 0.3) is 16.9 Å². The van der Waals surface area contributed by atoms with Crippen LogP contribution in [0.2, 0.25) is 0 Å². The van der Waals surface area contributed by atoms with Crippen molar-refractivity contribution < 1.29 is 9.35 Å². The molecule has 4 aromatic rings. The van der Waals surface area contributed by atoms with Gasteiger partial charge in [0.05, 0.1) is 22.8 Å². The molecule has 34 heavy (non-hydrogen) atoms. The molecule has 0 spiro atoms. The second-order valence-corrected chi connectivity index (χ2v) is 9.52. The molecule has 0 saturated heterocycles. The molecule has 0 bridgehead atoms. The van der Waals surface area contributed by atoms with Crippen molar-refractivity contribution in [1.29, 1.82) is 0 Å². The van der Waals surface area contributed by atoms with Gasteiger partial charge in [0.15, 0.2) is 10.5 Å². The van der Waals surface area contributed by atoms with E-state index in [2.05, 4.69) is 50.6 Å². The number of nitrogens with one attached hydrogen (secondary N) is 2. The number of hydrogen-bond acceptors (Lipinski definition) is 4. The summed E-state index contributed by atoms with van der Waals surface area (Å²) in [7, 11) is 0. The third kappa shape index (κ3) is 5.24. The first kappa shape index (κ1) is 23.8. The average molecular weight is 476 g/mol. The Morgan fingerprint density at radius 2 is 1.74 bits per heavy atom. The normalized spacial score (nSPS) is 12.0. The summed E-state index contributed by atoms with van der Waals surface area (Å²) in [5, 5.41) is 2.78. The summed E-state index contributed by atoms with van der Waals surface area (Å²) in [6.45, 7) is 8.48. The minimum Gasteiger partial charge on any atom is -0.588 e. The summed E-state index contributed by atoms with van der Waals surface area (Å²) in [6.07, 6.45) is 3.53. The fourth-order valence-corrected chi connectivity index (χ4v) is 4.68. The maximum atomic E-state index is 12.3. The predicted octanol–water partition coefficient (Wildman–Crippen LogP) is 4.45. The number of carbonyl (C=O) groups is 1. The molecule has 0 aliphatic rings. The monoisotopic (exact) mass is 475 g/mol. The number of rotatable bonds is 7. The summed E-state index contributed by atoms with van der Waals surface area (Å²) in [4.78, 5) is 22.0. The standard InChI is InChI=1S/C26H29N5O2S/c1-5-23-24(31-16-18(3)28-19(4)25(31)29-23)21-10-8-20(9-11-21)14-15-27-26(32)30-34(33)22-12-6-17(2)7-13-22/h6-13,16H,5,14-15H2,1-4H3,(H2,27,30,32). The van der Waals surface area contributed by atoms with Gasteiger partial charge in [0, 0.05) is 18.3 Å². The van der Waals surface area contributed by atoms with E-state index in [4.69, 9.17) is 4.98 Å². The van der Waals surface area contributed by atoms with Crippen LogP contribution in [-0.4, -0.2) is 31.5 Å². The maximum Gasteiger partial charge on any atom is 0.356 e. The summed E-state index contributed by atoms with van der Waals surface area (Å²) in [5.74, 6) is 0. The van der Waals surface area contributed by atoms with Gasteiger partial charge < -0.3 is 9.87 Å². The smallest absolute Gasteiger partial charge is 0.356 e. The number of aryl methyl sites for hydroxylation is 4. The third-order valence-corrected chi connectivity index (χ3v) is 6.72. The minimum atomic E-state index is -1.58. The van der Waals surface area contributed by atoms with E-state index in [1.807, 2.05) is 39.1 Å². The Hall–Kier alpha value is -3.36. The average Bonchev–Trinajstić information content (AvgIpc) is 3.19. The molecule has 0 fully saturated rings. The molecule has 2 aromatic carbocycles. The second-order valence-electron chi connectivity index (χ2n) is 8.31. The Labute approximate surface area is 203 Å². The van der Waals surface area contributed by atoms with Gasteiger partial charge in [0.1, 0.15) is 11.4 Å². The molecular formula is C26H29N5O2S. The van der Waals surface area contributed by atoms with E-state index in [0.29, 0.717) is 17.9 Å². The second kappa shape index (κ2) is 10.3. The molecule has 2 amide bonds. The van der Waals surface area contributed by atoms with E-state index < -0.39 is 17.4 Å². The highest BCUT2D eigenvalue weighted by molar-refractivity contribution is 7.90. The van der Waals surface area contributed by atoms with Crippen LogP contribution in [0.4, 0.5) is 4.79 Å². The molecular weight excluding hydrogens is 446 g/mol. The molecule has 1 unspecified atom stereocenters. The van der Waals surface area contributed by atoms with Gasteiger partial charge >= 0.3 is 6.03 Å². The van der Waals surface area contributed by atoms with Gasteiger partial charge in [-0.2, -0.15) is 0 Å². The number of imidazole rings is 1. The summed E-state index contributed by atoms with van der Waals surface area (Å²) in [5.41, 5.74) is 8.17. The lowest BCUT2D eigenvalue weighted by Gasteiger charge is -2.11. The Kier molecular flexibility index (Phi) is 7.19. The van der Waals surface area contributed by atoms with Crippen LogP contribution in [0.3, 0.4) is 0 Å². The molecule has 2 heterocycles. The van der Waals surface area contributed by atoms with Gasteiger partial charge in [-0.05, 0) is 51.3 Å². The minimum absolute atomic E-state index is 0.441. The van der Waals surface area contributed by atoms with E-state index in [-0.39, 0.29) is 0 Å². The Morgan fingerprint density at radius 1 is 1.03 bits per heavy atom. The zero-order chi connectivity index (χ0) is 24.2. The molecule has 0 aliphatic carbocycles. The highest BCUT2D eigenvalue weighted by atomic mass is 32.2. The lowest BCUT2D eigenvalue weighted by Crippen LogP contribution is -2.40. The molecule has 8 heteroatoms. The largest absolute Gasteiger partial charge is 0.588 e. The third-order valence-electron chi connectivity index (χ3n) is 5.65. The van der Waals surface area contributed by atoms with Crippen molar-refractivity contribution in [3.63, 3.8) is 0 Å². The van der Waals surface area contributed by atoms with Crippen LogP contribution in [0.5, 0.6) is 0 Å². The lowest BCUT2D eigenvalue weighted by atomic mass is 10.0. The first-order chi connectivity index (χ1) is 16.4. The quantitative estimate of drug-likeness (QED) is 0.386. The van der Waals surface area contributed by atoms with Gasteiger partial charge in [-0.25, -0.2) is 9.78 Å². The van der Waals surface area contributed by atoms with Crippen LogP contribution >= 0.6 is 0 Å². The number of benzene rings is 2. The van der Waals surface area contributed by atoms with Crippen molar-refractivity contribution >= 4 is 23.0 Å². The van der Waals surface area contributed by atoms with Crippen molar-refractivity contribution in [1.82, 2.24) is 24.4 Å². The highest BCUT2D eigenvalue weighted by Gasteiger charge is 2.16. The zero-order valence-electron chi connectivity index (χ0n) is 19.9. The van der Waals surface area contributed by atoms with Crippen molar-refractivity contribution in [2.75, 3.05) is 6.54 Å². The summed E-state index contributed by atoms with van der Waals surface area (Å²) >= 11 is -1.58. The number of hydrogen-bond donors (Lipinski definition) is 2. The lowest BCUT2D eigenvalue weighted by molar-refractivity contribution is 0.246. The molecule has 176 valence electrons. The first-order valence-corrected chi connectivity index (χ1v) is 12.5. The van der Waals surface area contributed by atoms with Gasteiger partial charge in [0.25, 0.3) is 0 Å².